The summed E-state index contributed by atoms with van der Waals surface area (Å²) in [4.78, 5) is 66.8. The van der Waals surface area contributed by atoms with Crippen LogP contribution in [-0.4, -0.2) is 83.7 Å². The number of benzene rings is 1. The van der Waals surface area contributed by atoms with Gasteiger partial charge in [0.15, 0.2) is 0 Å². The van der Waals surface area contributed by atoms with E-state index in [0.29, 0.717) is 32.2 Å². The van der Waals surface area contributed by atoms with E-state index in [0.717, 1.165) is 31.2 Å². The van der Waals surface area contributed by atoms with E-state index in [1.807, 2.05) is 44.2 Å². The maximum absolute atomic E-state index is 13.8. The van der Waals surface area contributed by atoms with E-state index < -0.39 is 54.0 Å². The molecule has 3 unspecified atom stereocenters. The Labute approximate surface area is 259 Å². The van der Waals surface area contributed by atoms with Crippen molar-refractivity contribution in [2.45, 2.75) is 108 Å². The predicted octanol–water partition coefficient (Wildman–Crippen LogP) is 2.34. The Kier molecular flexibility index (Phi) is 13.4. The number of amides is 4. The fraction of sp³-hybridized carbons (Fsp3) is 0.656. The molecular weight excluding hydrogens is 566 g/mol. The van der Waals surface area contributed by atoms with Crippen LogP contribution < -0.4 is 21.7 Å². The number of likely N-dealkylation sites (tertiary alicyclic amines) is 1. The van der Waals surface area contributed by atoms with E-state index in [2.05, 4.69) is 16.0 Å². The first kappa shape index (κ1) is 34.8. The number of methoxy groups -OCH3 is 1. The summed E-state index contributed by atoms with van der Waals surface area (Å²) in [6.45, 7) is 4.25. The summed E-state index contributed by atoms with van der Waals surface area (Å²) < 4.78 is 4.89. The summed E-state index contributed by atoms with van der Waals surface area (Å²) in [6.07, 6.45) is 4.74. The first-order chi connectivity index (χ1) is 21.0. The average molecular weight is 616 g/mol. The van der Waals surface area contributed by atoms with Gasteiger partial charge in [0.25, 0.3) is 0 Å². The van der Waals surface area contributed by atoms with Gasteiger partial charge < -0.3 is 31.5 Å². The molecule has 12 nitrogen and oxygen atoms in total. The highest BCUT2D eigenvalue weighted by Crippen LogP contribution is 2.39. The van der Waals surface area contributed by atoms with Crippen LogP contribution >= 0.6 is 0 Å². The van der Waals surface area contributed by atoms with Crippen molar-refractivity contribution in [2.24, 2.45) is 17.6 Å². The first-order valence-corrected chi connectivity index (χ1v) is 15.8. The Balaban J connectivity index is 1.81. The second-order valence-corrected chi connectivity index (χ2v) is 12.4. The molecule has 1 aliphatic carbocycles. The number of fused-ring (bicyclic) bond motifs is 1. The van der Waals surface area contributed by atoms with Gasteiger partial charge >= 0.3 is 12.1 Å². The number of nitrogens with zero attached hydrogens (tertiary/aromatic N) is 1. The summed E-state index contributed by atoms with van der Waals surface area (Å²) in [5, 5.41) is 18.3. The zero-order valence-electron chi connectivity index (χ0n) is 26.1. The smallest absolute Gasteiger partial charge is 0.408 e. The Hall–Kier alpha value is -3.67. The molecule has 6 atom stereocenters. The lowest BCUT2D eigenvalue weighted by atomic mass is 9.85. The number of hydrogen-bond donors (Lipinski definition) is 5. The molecule has 1 heterocycles. The summed E-state index contributed by atoms with van der Waals surface area (Å²) in [6, 6.07) is 5.12. The molecule has 1 aliphatic heterocycles. The molecule has 244 valence electrons. The first-order valence-electron chi connectivity index (χ1n) is 15.8. The van der Waals surface area contributed by atoms with Crippen molar-refractivity contribution in [2.75, 3.05) is 13.7 Å². The van der Waals surface area contributed by atoms with E-state index >= 15 is 0 Å². The maximum Gasteiger partial charge on any atom is 0.408 e. The maximum atomic E-state index is 13.8. The number of esters is 1. The van der Waals surface area contributed by atoms with Crippen LogP contribution in [0.15, 0.2) is 30.3 Å². The lowest BCUT2D eigenvalue weighted by Gasteiger charge is -2.32. The molecule has 4 amide bonds. The second kappa shape index (κ2) is 17.0. The topological polar surface area (TPSA) is 180 Å². The van der Waals surface area contributed by atoms with Crippen LogP contribution in [0.4, 0.5) is 4.79 Å². The van der Waals surface area contributed by atoms with Gasteiger partial charge in [-0.1, -0.05) is 57.0 Å². The second-order valence-electron chi connectivity index (χ2n) is 12.4. The number of nitrogens with two attached hydrogens (primary N) is 1. The normalized spacial score (nSPS) is 21.5. The summed E-state index contributed by atoms with van der Waals surface area (Å²) in [5.41, 5.74) is 6.48. The lowest BCUT2D eigenvalue weighted by Crippen LogP contribution is -2.58. The Bertz CT molecular complexity index is 1130. The van der Waals surface area contributed by atoms with Crippen LogP contribution in [0, 0.1) is 11.8 Å². The van der Waals surface area contributed by atoms with Gasteiger partial charge in [0.2, 0.25) is 17.7 Å². The van der Waals surface area contributed by atoms with Crippen molar-refractivity contribution in [3.05, 3.63) is 35.9 Å². The molecule has 44 heavy (non-hydrogen) atoms. The molecule has 1 aromatic rings. The largest absolute Gasteiger partial charge is 0.467 e. The van der Waals surface area contributed by atoms with Gasteiger partial charge in [-0.15, -0.1) is 0 Å². The fourth-order valence-corrected chi connectivity index (χ4v) is 6.43. The molecule has 1 saturated carbocycles. The Morgan fingerprint density at radius 2 is 1.61 bits per heavy atom. The highest BCUT2D eigenvalue weighted by atomic mass is 16.5. The number of carbonyl (C=O) groups is 5. The van der Waals surface area contributed by atoms with Gasteiger partial charge in [0.05, 0.1) is 7.11 Å². The monoisotopic (exact) mass is 615 g/mol. The molecule has 0 aromatic heterocycles. The summed E-state index contributed by atoms with van der Waals surface area (Å²) in [7, 11) is 1.25. The molecule has 0 bridgehead atoms. The Morgan fingerprint density at radius 1 is 0.955 bits per heavy atom. The lowest BCUT2D eigenvalue weighted by molar-refractivity contribution is -0.146. The minimum Gasteiger partial charge on any atom is -0.467 e. The van der Waals surface area contributed by atoms with Crippen molar-refractivity contribution in [3.63, 3.8) is 0 Å². The quantitative estimate of drug-likeness (QED) is 0.147. The van der Waals surface area contributed by atoms with Crippen LogP contribution in [0.25, 0.3) is 0 Å². The van der Waals surface area contributed by atoms with Crippen molar-refractivity contribution in [1.29, 1.82) is 0 Å². The van der Waals surface area contributed by atoms with Crippen molar-refractivity contribution in [1.82, 2.24) is 20.9 Å². The molecule has 1 saturated heterocycles. The fourth-order valence-electron chi connectivity index (χ4n) is 6.43. The Morgan fingerprint density at radius 3 is 2.25 bits per heavy atom. The highest BCUT2D eigenvalue weighted by molar-refractivity contribution is 5.95. The molecular formula is C32H49N5O7. The van der Waals surface area contributed by atoms with Gasteiger partial charge in [0, 0.05) is 12.5 Å². The average Bonchev–Trinajstić information content (AvgIpc) is 3.40. The minimum absolute atomic E-state index is 0.0912. The third-order valence-corrected chi connectivity index (χ3v) is 8.62. The number of rotatable bonds is 15. The number of hydrogen-bond acceptors (Lipinski definition) is 7. The molecule has 1 aromatic carbocycles. The van der Waals surface area contributed by atoms with Crippen LogP contribution in [0.1, 0.15) is 77.2 Å². The standard InChI is InChI=1S/C32H49N5O7/c1-20(2)17-25(31(41)44-3)36-29(39)24(18-21-11-5-4-6-12-21)35-28(38)23(14-9-10-16-33)34-30(40)27-19-22-13-7-8-15-26(22)37(27)32(42)43/h4-6,11-12,20,22-27H,7-10,13-19,33H2,1-3H3,(H,34,40)(H,35,38)(H,36,39)(H,42,43)/t22?,23-,24-,25-,26?,27?/m0/s1. The van der Waals surface area contributed by atoms with Crippen LogP contribution in [0.5, 0.6) is 0 Å². The van der Waals surface area contributed by atoms with E-state index in [1.165, 1.54) is 12.0 Å². The van der Waals surface area contributed by atoms with Crippen LogP contribution in [0.2, 0.25) is 0 Å². The number of carbonyl (C=O) groups excluding carboxylic acids is 4. The number of nitrogens with one attached hydrogen (secondary N) is 3. The third-order valence-electron chi connectivity index (χ3n) is 8.62. The molecule has 12 heteroatoms. The zero-order chi connectivity index (χ0) is 32.2. The van der Waals surface area contributed by atoms with E-state index in [1.54, 1.807) is 0 Å². The number of carboxylic acid groups (broad SMARTS) is 1. The van der Waals surface area contributed by atoms with Gasteiger partial charge in [-0.25, -0.2) is 9.59 Å². The number of ether oxygens (including phenoxy) is 1. The predicted molar refractivity (Wildman–Crippen MR) is 164 cm³/mol. The summed E-state index contributed by atoms with van der Waals surface area (Å²) >= 11 is 0. The van der Waals surface area contributed by atoms with E-state index in [4.69, 9.17) is 10.5 Å². The molecule has 3 rings (SSSR count). The summed E-state index contributed by atoms with van der Waals surface area (Å²) in [5.74, 6) is -2.00. The van der Waals surface area contributed by atoms with E-state index in [9.17, 15) is 29.1 Å². The van der Waals surface area contributed by atoms with Crippen molar-refractivity contribution in [3.8, 4) is 0 Å². The molecule has 6 N–H and O–H groups in total. The molecule has 2 fully saturated rings. The van der Waals surface area contributed by atoms with Gasteiger partial charge in [-0.3, -0.25) is 19.3 Å². The van der Waals surface area contributed by atoms with Gasteiger partial charge in [-0.2, -0.15) is 0 Å². The van der Waals surface area contributed by atoms with Gasteiger partial charge in [0.1, 0.15) is 24.2 Å². The SMILES string of the molecule is COC(=O)[C@H](CC(C)C)NC(=O)[C@H](Cc1ccccc1)NC(=O)[C@H](CCCCN)NC(=O)C1CC2CCCCC2N1C(=O)O. The van der Waals surface area contributed by atoms with E-state index in [-0.39, 0.29) is 30.7 Å². The molecule has 0 radical (unpaired) electrons. The van der Waals surface area contributed by atoms with Crippen LogP contribution in [0.3, 0.4) is 0 Å². The van der Waals surface area contributed by atoms with Crippen LogP contribution in [-0.2, 0) is 30.3 Å². The van der Waals surface area contributed by atoms with Crippen molar-refractivity contribution < 1.29 is 33.8 Å². The molecule has 0 spiro atoms. The van der Waals surface area contributed by atoms with Gasteiger partial charge in [-0.05, 0) is 68.9 Å². The van der Waals surface area contributed by atoms with Crippen molar-refractivity contribution >= 4 is 29.8 Å². The zero-order valence-corrected chi connectivity index (χ0v) is 26.1. The highest BCUT2D eigenvalue weighted by Gasteiger charge is 2.48. The number of unbranched alkanes of at least 4 members (excludes halogenated alkanes) is 1. The third kappa shape index (κ3) is 9.67. The molecule has 2 aliphatic rings. The minimum atomic E-state index is -1.13.